The Hall–Kier alpha value is -2.38. The molecule has 2 aliphatic heterocycles. The van der Waals surface area contributed by atoms with Crippen LogP contribution in [0.25, 0.3) is 10.9 Å². The van der Waals surface area contributed by atoms with Gasteiger partial charge in [0.15, 0.2) is 0 Å². The van der Waals surface area contributed by atoms with Crippen LogP contribution in [0.1, 0.15) is 36.0 Å². The van der Waals surface area contributed by atoms with Crippen molar-refractivity contribution < 1.29 is 9.59 Å². The number of carbonyl (C=O) groups excluding carboxylic acids is 2. The lowest BCUT2D eigenvalue weighted by atomic mass is 9.96. The molecule has 1 aromatic heterocycles. The molecule has 0 aliphatic carbocycles. The molecule has 3 heterocycles. The fourth-order valence-electron chi connectivity index (χ4n) is 4.24. The van der Waals surface area contributed by atoms with Gasteiger partial charge in [0.05, 0.1) is 11.6 Å². The van der Waals surface area contributed by atoms with Crippen molar-refractivity contribution in [1.29, 1.82) is 0 Å². The predicted octanol–water partition coefficient (Wildman–Crippen LogP) is 1.67. The van der Waals surface area contributed by atoms with Crippen LogP contribution in [0, 0.1) is 5.92 Å². The Labute approximate surface area is 175 Å². The summed E-state index contributed by atoms with van der Waals surface area (Å²) in [4.78, 5) is 41.9. The molecule has 4 rings (SSSR count). The van der Waals surface area contributed by atoms with Gasteiger partial charge in [-0.15, -0.1) is 12.4 Å². The predicted molar refractivity (Wildman–Crippen MR) is 114 cm³/mol. The quantitative estimate of drug-likeness (QED) is 0.704. The fraction of sp³-hybridized carbons (Fsp3) is 0.476. The topological polar surface area (TPSA) is 94.3 Å². The number of nitrogens with zero attached hydrogens (tertiary/aromatic N) is 1. The van der Waals surface area contributed by atoms with Crippen LogP contribution in [0.3, 0.4) is 0 Å². The molecule has 2 aliphatic rings. The Bertz CT molecular complexity index is 939. The third-order valence-corrected chi connectivity index (χ3v) is 5.73. The van der Waals surface area contributed by atoms with Crippen LogP contribution in [0.2, 0.25) is 0 Å². The van der Waals surface area contributed by atoms with Gasteiger partial charge in [0.1, 0.15) is 0 Å². The minimum Gasteiger partial charge on any atom is -0.354 e. The fourth-order valence-corrected chi connectivity index (χ4v) is 4.24. The summed E-state index contributed by atoms with van der Waals surface area (Å²) in [6.07, 6.45) is 3.80. The van der Waals surface area contributed by atoms with Crippen LogP contribution >= 0.6 is 12.4 Å². The second-order valence-corrected chi connectivity index (χ2v) is 7.75. The van der Waals surface area contributed by atoms with E-state index in [2.05, 4.69) is 15.6 Å². The summed E-state index contributed by atoms with van der Waals surface area (Å²) in [7, 11) is 0. The van der Waals surface area contributed by atoms with Gasteiger partial charge in [0, 0.05) is 36.6 Å². The number of hydrogen-bond donors (Lipinski definition) is 3. The number of nitrogens with one attached hydrogen (secondary N) is 3. The lowest BCUT2D eigenvalue weighted by Crippen LogP contribution is -2.46. The first-order chi connectivity index (χ1) is 13.6. The largest absolute Gasteiger partial charge is 0.354 e. The molecule has 156 valence electrons. The second-order valence-electron chi connectivity index (χ2n) is 7.75. The molecule has 2 fully saturated rings. The van der Waals surface area contributed by atoms with E-state index in [9.17, 15) is 14.4 Å². The van der Waals surface area contributed by atoms with Crippen LogP contribution in [0.5, 0.6) is 0 Å². The van der Waals surface area contributed by atoms with Gasteiger partial charge in [-0.1, -0.05) is 18.2 Å². The molecule has 2 aromatic rings. The first-order valence-electron chi connectivity index (χ1n) is 10.0. The number of halogens is 1. The number of H-pyrrole nitrogens is 1. The SMILES string of the molecule is Cl.O=C(NCC1CCCN(C(=O)c2cc(=O)[nH]c3ccccc23)C1)C1CCCN1. The Balaban J connectivity index is 0.00000240. The Morgan fingerprint density at radius 2 is 2.00 bits per heavy atom. The van der Waals surface area contributed by atoms with E-state index in [1.165, 1.54) is 6.07 Å². The number of hydrogen-bond acceptors (Lipinski definition) is 4. The molecule has 7 nitrogen and oxygen atoms in total. The lowest BCUT2D eigenvalue weighted by molar-refractivity contribution is -0.123. The van der Waals surface area contributed by atoms with E-state index in [4.69, 9.17) is 0 Å². The average molecular weight is 419 g/mol. The number of aromatic amines is 1. The standard InChI is InChI=1S/C21H26N4O3.ClH/c26-19-11-16(15-6-1-2-7-17(15)24-19)21(28)25-10-4-5-14(13-25)12-23-20(27)18-8-3-9-22-18;/h1-2,6-7,11,14,18,22H,3-5,8-10,12-13H2,(H,23,27)(H,24,26);1H. The molecule has 8 heteroatoms. The molecule has 29 heavy (non-hydrogen) atoms. The van der Waals surface area contributed by atoms with Gasteiger partial charge in [-0.2, -0.15) is 0 Å². The highest BCUT2D eigenvalue weighted by Gasteiger charge is 2.27. The zero-order chi connectivity index (χ0) is 19.5. The summed E-state index contributed by atoms with van der Waals surface area (Å²) in [5.74, 6) is 0.175. The summed E-state index contributed by atoms with van der Waals surface area (Å²) >= 11 is 0. The molecule has 3 N–H and O–H groups in total. The van der Waals surface area contributed by atoms with Crippen molar-refractivity contribution in [3.8, 4) is 0 Å². The van der Waals surface area contributed by atoms with Crippen LogP contribution in [-0.2, 0) is 4.79 Å². The number of rotatable bonds is 4. The lowest BCUT2D eigenvalue weighted by Gasteiger charge is -2.33. The van der Waals surface area contributed by atoms with Gasteiger partial charge in [0.25, 0.3) is 5.91 Å². The van der Waals surface area contributed by atoms with Crippen LogP contribution in [0.15, 0.2) is 35.1 Å². The van der Waals surface area contributed by atoms with E-state index < -0.39 is 0 Å². The number of aromatic nitrogens is 1. The number of pyridine rings is 1. The highest BCUT2D eigenvalue weighted by molar-refractivity contribution is 6.06. The van der Waals surface area contributed by atoms with Gasteiger partial charge in [-0.3, -0.25) is 14.4 Å². The number of piperidine rings is 1. The van der Waals surface area contributed by atoms with E-state index in [-0.39, 0.29) is 41.7 Å². The number of fused-ring (bicyclic) bond motifs is 1. The maximum atomic E-state index is 13.1. The van der Waals surface area contributed by atoms with E-state index in [0.717, 1.165) is 37.6 Å². The normalized spacial score (nSPS) is 21.6. The van der Waals surface area contributed by atoms with Crippen LogP contribution in [-0.4, -0.2) is 53.9 Å². The summed E-state index contributed by atoms with van der Waals surface area (Å²) in [6.45, 7) is 2.75. The average Bonchev–Trinajstić information content (AvgIpc) is 3.26. The minimum absolute atomic E-state index is 0. The van der Waals surface area contributed by atoms with Gasteiger partial charge < -0.3 is 20.5 Å². The number of carbonyl (C=O) groups is 2. The van der Waals surface area contributed by atoms with E-state index in [1.807, 2.05) is 23.1 Å². The zero-order valence-electron chi connectivity index (χ0n) is 16.3. The third-order valence-electron chi connectivity index (χ3n) is 5.73. The molecule has 0 bridgehead atoms. The summed E-state index contributed by atoms with van der Waals surface area (Å²) in [6, 6.07) is 8.67. The first kappa shape index (κ1) is 21.3. The number of amides is 2. The number of benzene rings is 1. The number of likely N-dealkylation sites (tertiary alicyclic amines) is 1. The van der Waals surface area contributed by atoms with E-state index in [1.54, 1.807) is 6.07 Å². The van der Waals surface area contributed by atoms with Crippen LogP contribution < -0.4 is 16.2 Å². The summed E-state index contributed by atoms with van der Waals surface area (Å²) in [5.41, 5.74) is 0.842. The summed E-state index contributed by atoms with van der Waals surface area (Å²) < 4.78 is 0. The monoisotopic (exact) mass is 418 g/mol. The molecule has 1 aromatic carbocycles. The van der Waals surface area contributed by atoms with Crippen LogP contribution in [0.4, 0.5) is 0 Å². The molecular formula is C21H27ClN4O3. The minimum atomic E-state index is -0.271. The molecule has 2 amide bonds. The molecule has 0 spiro atoms. The Morgan fingerprint density at radius 3 is 2.79 bits per heavy atom. The maximum Gasteiger partial charge on any atom is 0.254 e. The van der Waals surface area contributed by atoms with Crippen molar-refractivity contribution in [1.82, 2.24) is 20.5 Å². The summed E-state index contributed by atoms with van der Waals surface area (Å²) in [5, 5.41) is 7.00. The highest BCUT2D eigenvalue weighted by atomic mass is 35.5. The maximum absolute atomic E-state index is 13.1. The Kier molecular flexibility index (Phi) is 6.92. The van der Waals surface area contributed by atoms with E-state index in [0.29, 0.717) is 30.7 Å². The Morgan fingerprint density at radius 1 is 1.17 bits per heavy atom. The van der Waals surface area contributed by atoms with Crippen molar-refractivity contribution in [3.05, 3.63) is 46.2 Å². The van der Waals surface area contributed by atoms with Crippen molar-refractivity contribution in [2.24, 2.45) is 5.92 Å². The van der Waals surface area contributed by atoms with Crippen molar-refractivity contribution in [2.75, 3.05) is 26.2 Å². The van der Waals surface area contributed by atoms with Crippen molar-refractivity contribution >= 4 is 35.1 Å². The second kappa shape index (κ2) is 9.41. The molecule has 2 unspecified atom stereocenters. The van der Waals surface area contributed by atoms with Crippen molar-refractivity contribution in [2.45, 2.75) is 31.7 Å². The molecule has 2 atom stereocenters. The molecular weight excluding hydrogens is 392 g/mol. The zero-order valence-corrected chi connectivity index (χ0v) is 17.1. The van der Waals surface area contributed by atoms with Crippen molar-refractivity contribution in [3.63, 3.8) is 0 Å². The van der Waals surface area contributed by atoms with Gasteiger partial charge in [-0.25, -0.2) is 0 Å². The number of para-hydroxylation sites is 1. The van der Waals surface area contributed by atoms with E-state index >= 15 is 0 Å². The smallest absolute Gasteiger partial charge is 0.254 e. The molecule has 0 saturated carbocycles. The molecule has 2 saturated heterocycles. The third kappa shape index (κ3) is 4.79. The molecule has 0 radical (unpaired) electrons. The van der Waals surface area contributed by atoms with Gasteiger partial charge in [-0.05, 0) is 44.2 Å². The van der Waals surface area contributed by atoms with Gasteiger partial charge in [0.2, 0.25) is 11.5 Å². The first-order valence-corrected chi connectivity index (χ1v) is 10.0. The van der Waals surface area contributed by atoms with Gasteiger partial charge >= 0.3 is 0 Å². The highest BCUT2D eigenvalue weighted by Crippen LogP contribution is 2.21.